The summed E-state index contributed by atoms with van der Waals surface area (Å²) in [6.07, 6.45) is 0.928. The number of hydrogen-bond donors (Lipinski definition) is 0. The van der Waals surface area contributed by atoms with Crippen molar-refractivity contribution >= 4 is 9.84 Å². The summed E-state index contributed by atoms with van der Waals surface area (Å²) in [5.74, 6) is 0.684. The van der Waals surface area contributed by atoms with E-state index in [0.717, 1.165) is 6.42 Å². The summed E-state index contributed by atoms with van der Waals surface area (Å²) in [7, 11) is -2.75. The third kappa shape index (κ3) is 2.68. The number of hydrogen-bond acceptors (Lipinski definition) is 3. The van der Waals surface area contributed by atoms with Crippen molar-refractivity contribution in [3.8, 4) is 0 Å². The molecule has 1 saturated heterocycles. The van der Waals surface area contributed by atoms with Gasteiger partial charge in [0.05, 0.1) is 11.5 Å². The zero-order valence-electron chi connectivity index (χ0n) is 8.66. The zero-order chi connectivity index (χ0) is 10.1. The van der Waals surface area contributed by atoms with Crippen molar-refractivity contribution in [2.75, 3.05) is 18.1 Å². The van der Waals surface area contributed by atoms with E-state index in [1.54, 1.807) is 0 Å². The summed E-state index contributed by atoms with van der Waals surface area (Å²) < 4.78 is 22.7. The Bertz CT molecular complexity index is 259. The maximum Gasteiger partial charge on any atom is 0.153 e. The van der Waals surface area contributed by atoms with Gasteiger partial charge in [-0.05, 0) is 20.3 Å². The maximum absolute atomic E-state index is 11.4. The lowest BCUT2D eigenvalue weighted by molar-refractivity contribution is 0.164. The minimum absolute atomic E-state index is 0.235. The predicted molar refractivity (Wildman–Crippen MR) is 54.6 cm³/mol. The molecule has 0 spiro atoms. The van der Waals surface area contributed by atoms with Crippen LogP contribution in [0.15, 0.2) is 0 Å². The predicted octanol–water partition coefficient (Wildman–Crippen LogP) is 0.904. The molecule has 1 atom stereocenters. The molecule has 0 N–H and O–H groups in total. The second-order valence-electron chi connectivity index (χ2n) is 4.01. The molecule has 0 amide bonds. The summed E-state index contributed by atoms with van der Waals surface area (Å²) in [6, 6.07) is 0.694. The third-order valence-electron chi connectivity index (χ3n) is 2.71. The lowest BCUT2D eigenvalue weighted by Crippen LogP contribution is -2.51. The zero-order valence-corrected chi connectivity index (χ0v) is 9.47. The minimum Gasteiger partial charge on any atom is -0.296 e. The highest BCUT2D eigenvalue weighted by molar-refractivity contribution is 7.91. The maximum atomic E-state index is 11.4. The molecule has 13 heavy (non-hydrogen) atoms. The highest BCUT2D eigenvalue weighted by Crippen LogP contribution is 2.16. The second kappa shape index (κ2) is 3.96. The van der Waals surface area contributed by atoms with Gasteiger partial charge in [-0.2, -0.15) is 0 Å². The van der Waals surface area contributed by atoms with E-state index in [1.807, 2.05) is 0 Å². The third-order valence-corrected chi connectivity index (χ3v) is 4.41. The van der Waals surface area contributed by atoms with E-state index in [1.165, 1.54) is 0 Å². The molecule has 1 heterocycles. The number of nitrogens with zero attached hydrogens (tertiary/aromatic N) is 1. The highest BCUT2D eigenvalue weighted by atomic mass is 32.2. The van der Waals surface area contributed by atoms with E-state index in [0.29, 0.717) is 24.1 Å². The largest absolute Gasteiger partial charge is 0.296 e. The van der Waals surface area contributed by atoms with Crippen molar-refractivity contribution < 1.29 is 8.42 Å². The molecule has 1 rings (SSSR count). The van der Waals surface area contributed by atoms with Gasteiger partial charge in [-0.15, -0.1) is 0 Å². The second-order valence-corrected chi connectivity index (χ2v) is 6.24. The first kappa shape index (κ1) is 11.0. The van der Waals surface area contributed by atoms with Crippen molar-refractivity contribution in [1.29, 1.82) is 0 Å². The number of rotatable bonds is 2. The number of sulfone groups is 1. The van der Waals surface area contributed by atoms with Crippen LogP contribution in [0.5, 0.6) is 0 Å². The van der Waals surface area contributed by atoms with Crippen LogP contribution in [0.1, 0.15) is 27.2 Å². The Labute approximate surface area is 81.0 Å². The van der Waals surface area contributed by atoms with Crippen LogP contribution in [0.25, 0.3) is 0 Å². The molecule has 1 unspecified atom stereocenters. The van der Waals surface area contributed by atoms with E-state index in [4.69, 9.17) is 0 Å². The van der Waals surface area contributed by atoms with Crippen LogP contribution in [0.3, 0.4) is 0 Å². The summed E-state index contributed by atoms with van der Waals surface area (Å²) in [4.78, 5) is 2.29. The molecule has 1 aliphatic rings. The Hall–Kier alpha value is -0.0900. The topological polar surface area (TPSA) is 37.4 Å². The Balaban J connectivity index is 2.72. The van der Waals surface area contributed by atoms with Gasteiger partial charge in [0, 0.05) is 18.6 Å². The summed E-state index contributed by atoms with van der Waals surface area (Å²) in [5.41, 5.74) is 0. The fourth-order valence-corrected chi connectivity index (χ4v) is 3.60. The van der Waals surface area contributed by atoms with Crippen LogP contribution in [-0.2, 0) is 9.84 Å². The molecule has 78 valence electrons. The molecule has 1 aliphatic heterocycles. The van der Waals surface area contributed by atoms with Gasteiger partial charge in [0.25, 0.3) is 0 Å². The van der Waals surface area contributed by atoms with Gasteiger partial charge < -0.3 is 0 Å². The first-order valence-electron chi connectivity index (χ1n) is 4.92. The first-order valence-corrected chi connectivity index (χ1v) is 6.74. The Morgan fingerprint density at radius 1 is 1.46 bits per heavy atom. The average molecular weight is 205 g/mol. The van der Waals surface area contributed by atoms with Crippen LogP contribution < -0.4 is 0 Å². The van der Waals surface area contributed by atoms with Crippen molar-refractivity contribution in [2.24, 2.45) is 0 Å². The fraction of sp³-hybridized carbons (Fsp3) is 1.00. The molecule has 0 radical (unpaired) electrons. The summed E-state index contributed by atoms with van der Waals surface area (Å²) >= 11 is 0. The molecular formula is C9H19NO2S. The van der Waals surface area contributed by atoms with Crippen LogP contribution >= 0.6 is 0 Å². The molecule has 0 aliphatic carbocycles. The Kier molecular flexibility index (Phi) is 3.35. The van der Waals surface area contributed by atoms with E-state index in [-0.39, 0.29) is 6.04 Å². The smallest absolute Gasteiger partial charge is 0.153 e. The van der Waals surface area contributed by atoms with E-state index >= 15 is 0 Å². The molecule has 0 aromatic rings. The highest BCUT2D eigenvalue weighted by Gasteiger charge is 2.30. The van der Waals surface area contributed by atoms with E-state index in [9.17, 15) is 8.42 Å². The van der Waals surface area contributed by atoms with Crippen molar-refractivity contribution in [3.63, 3.8) is 0 Å². The SMILES string of the molecule is CCC1CS(=O)(=O)CCN1C(C)C. The molecule has 0 bridgehead atoms. The molecule has 4 heteroatoms. The van der Waals surface area contributed by atoms with Gasteiger partial charge in [0.15, 0.2) is 9.84 Å². The fourth-order valence-electron chi connectivity index (χ4n) is 1.93. The van der Waals surface area contributed by atoms with Gasteiger partial charge in [-0.3, -0.25) is 4.90 Å². The monoisotopic (exact) mass is 205 g/mol. The lowest BCUT2D eigenvalue weighted by atomic mass is 10.1. The van der Waals surface area contributed by atoms with Gasteiger partial charge in [-0.25, -0.2) is 8.42 Å². The quantitative estimate of drug-likeness (QED) is 0.672. The van der Waals surface area contributed by atoms with Crippen LogP contribution in [0, 0.1) is 0 Å². The van der Waals surface area contributed by atoms with Crippen molar-refractivity contribution in [3.05, 3.63) is 0 Å². The van der Waals surface area contributed by atoms with Crippen molar-refractivity contribution in [2.45, 2.75) is 39.3 Å². The van der Waals surface area contributed by atoms with E-state index in [2.05, 4.69) is 25.7 Å². The molecule has 1 fully saturated rings. The summed E-state index contributed by atoms with van der Waals surface area (Å²) in [6.45, 7) is 7.01. The molecular weight excluding hydrogens is 186 g/mol. The molecule has 3 nitrogen and oxygen atoms in total. The van der Waals surface area contributed by atoms with Gasteiger partial charge in [-0.1, -0.05) is 6.92 Å². The van der Waals surface area contributed by atoms with E-state index < -0.39 is 9.84 Å². The Morgan fingerprint density at radius 2 is 2.08 bits per heavy atom. The van der Waals surface area contributed by atoms with Gasteiger partial charge in [0.2, 0.25) is 0 Å². The van der Waals surface area contributed by atoms with Gasteiger partial charge >= 0.3 is 0 Å². The standard InChI is InChI=1S/C9H19NO2S/c1-4-9-7-13(11,12)6-5-10(9)8(2)3/h8-9H,4-7H2,1-3H3. The Morgan fingerprint density at radius 3 is 2.54 bits per heavy atom. The van der Waals surface area contributed by atoms with Gasteiger partial charge in [0.1, 0.15) is 0 Å². The average Bonchev–Trinajstić information content (AvgIpc) is 2.01. The van der Waals surface area contributed by atoms with Crippen LogP contribution in [0.4, 0.5) is 0 Å². The van der Waals surface area contributed by atoms with Crippen LogP contribution in [-0.4, -0.2) is 43.5 Å². The summed E-state index contributed by atoms with van der Waals surface area (Å²) in [5, 5.41) is 0. The normalized spacial score (nSPS) is 29.4. The molecule has 0 aromatic carbocycles. The minimum atomic E-state index is -2.75. The first-order chi connectivity index (χ1) is 5.96. The van der Waals surface area contributed by atoms with Crippen LogP contribution in [0.2, 0.25) is 0 Å². The van der Waals surface area contributed by atoms with Crippen molar-refractivity contribution in [1.82, 2.24) is 4.90 Å². The lowest BCUT2D eigenvalue weighted by Gasteiger charge is -2.37. The molecule has 0 aromatic heterocycles. The molecule has 0 saturated carbocycles.